The predicted molar refractivity (Wildman–Crippen MR) is 118 cm³/mol. The second-order valence-corrected chi connectivity index (χ2v) is 7.57. The normalized spacial score (nSPS) is 11.6. The van der Waals surface area contributed by atoms with Crippen molar-refractivity contribution >= 4 is 21.9 Å². The largest absolute Gasteiger partial charge is 0.508 e. The minimum absolute atomic E-state index is 0.153. The van der Waals surface area contributed by atoms with Gasteiger partial charge in [0.25, 0.3) is 0 Å². The number of halogens is 1. The number of nitrogens with one attached hydrogen (secondary N) is 2. The van der Waals surface area contributed by atoms with Crippen molar-refractivity contribution in [3.8, 4) is 39.7 Å². The van der Waals surface area contributed by atoms with Crippen molar-refractivity contribution in [3.05, 3.63) is 66.9 Å². The van der Waals surface area contributed by atoms with Crippen LogP contribution in [0.5, 0.6) is 5.75 Å². The average Bonchev–Trinajstić information content (AvgIpc) is 3.49. The zero-order chi connectivity index (χ0) is 21.8. The fourth-order valence-electron chi connectivity index (χ4n) is 3.92. The summed E-state index contributed by atoms with van der Waals surface area (Å²) < 4.78 is 15.6. The van der Waals surface area contributed by atoms with E-state index in [-0.39, 0.29) is 5.75 Å². The number of phenols is 1. The zero-order valence-corrected chi connectivity index (χ0v) is 16.8. The van der Waals surface area contributed by atoms with Crippen LogP contribution >= 0.6 is 0 Å². The van der Waals surface area contributed by atoms with Gasteiger partial charge >= 0.3 is 0 Å². The first-order valence-corrected chi connectivity index (χ1v) is 9.87. The molecule has 0 unspecified atom stereocenters. The Labute approximate surface area is 180 Å². The number of aromatic amines is 2. The SMILES string of the molecule is Cn1cc(-c2ccc3[nH]nc(-c4cc5c(-c6cc(O)cc(F)c6)nccc5[nH]4)c3n2)cn1. The number of H-pyrrole nitrogens is 2. The smallest absolute Gasteiger partial charge is 0.135 e. The van der Waals surface area contributed by atoms with E-state index in [9.17, 15) is 9.50 Å². The molecule has 0 aliphatic heterocycles. The third-order valence-electron chi connectivity index (χ3n) is 5.37. The lowest BCUT2D eigenvalue weighted by atomic mass is 10.1. The van der Waals surface area contributed by atoms with E-state index in [0.29, 0.717) is 17.0 Å². The van der Waals surface area contributed by atoms with Crippen LogP contribution in [0.2, 0.25) is 0 Å². The third kappa shape index (κ3) is 2.90. The molecule has 0 radical (unpaired) electrons. The van der Waals surface area contributed by atoms with Gasteiger partial charge in [0.05, 0.1) is 28.8 Å². The minimum atomic E-state index is -0.528. The van der Waals surface area contributed by atoms with E-state index in [1.54, 1.807) is 17.1 Å². The number of aromatic nitrogens is 7. The van der Waals surface area contributed by atoms with Crippen LogP contribution in [0.1, 0.15) is 0 Å². The number of hydrogen-bond acceptors (Lipinski definition) is 5. The number of hydrogen-bond donors (Lipinski definition) is 3. The van der Waals surface area contributed by atoms with Gasteiger partial charge in [-0.05, 0) is 36.4 Å². The van der Waals surface area contributed by atoms with Crippen molar-refractivity contribution in [2.45, 2.75) is 0 Å². The van der Waals surface area contributed by atoms with E-state index in [1.807, 2.05) is 37.5 Å². The monoisotopic (exact) mass is 425 g/mol. The van der Waals surface area contributed by atoms with E-state index >= 15 is 0 Å². The van der Waals surface area contributed by atoms with Gasteiger partial charge in [-0.3, -0.25) is 14.8 Å². The number of benzene rings is 1. The highest BCUT2D eigenvalue weighted by atomic mass is 19.1. The van der Waals surface area contributed by atoms with Gasteiger partial charge in [-0.1, -0.05) is 0 Å². The van der Waals surface area contributed by atoms with Crippen LogP contribution in [0.15, 0.2) is 61.1 Å². The maximum Gasteiger partial charge on any atom is 0.135 e. The summed E-state index contributed by atoms with van der Waals surface area (Å²) in [6.07, 6.45) is 5.31. The quantitative estimate of drug-likeness (QED) is 0.389. The number of pyridine rings is 2. The van der Waals surface area contributed by atoms with Crippen molar-refractivity contribution in [2.24, 2.45) is 7.05 Å². The maximum atomic E-state index is 13.9. The highest BCUT2D eigenvalue weighted by Crippen LogP contribution is 2.34. The van der Waals surface area contributed by atoms with Crippen molar-refractivity contribution in [1.29, 1.82) is 0 Å². The molecule has 0 atom stereocenters. The van der Waals surface area contributed by atoms with Gasteiger partial charge in [-0.15, -0.1) is 0 Å². The molecular weight excluding hydrogens is 409 g/mol. The fourth-order valence-corrected chi connectivity index (χ4v) is 3.92. The molecule has 0 aliphatic carbocycles. The first-order valence-electron chi connectivity index (χ1n) is 9.87. The highest BCUT2D eigenvalue weighted by molar-refractivity contribution is 5.99. The number of fused-ring (bicyclic) bond motifs is 2. The molecule has 1 aromatic carbocycles. The first kappa shape index (κ1) is 18.3. The molecule has 0 bridgehead atoms. The molecule has 0 saturated heterocycles. The summed E-state index contributed by atoms with van der Waals surface area (Å²) in [7, 11) is 1.86. The first-order chi connectivity index (χ1) is 15.5. The van der Waals surface area contributed by atoms with Crippen LogP contribution in [0, 0.1) is 5.82 Å². The van der Waals surface area contributed by atoms with E-state index < -0.39 is 5.82 Å². The van der Waals surface area contributed by atoms with Crippen molar-refractivity contribution in [2.75, 3.05) is 0 Å². The van der Waals surface area contributed by atoms with Crippen molar-refractivity contribution in [1.82, 2.24) is 34.9 Å². The maximum absolute atomic E-state index is 13.9. The van der Waals surface area contributed by atoms with E-state index in [0.717, 1.165) is 45.0 Å². The Hall–Kier alpha value is -4.53. The van der Waals surface area contributed by atoms with Gasteiger partial charge in [-0.2, -0.15) is 10.2 Å². The number of rotatable bonds is 3. The zero-order valence-electron chi connectivity index (χ0n) is 16.8. The summed E-state index contributed by atoms with van der Waals surface area (Å²) in [6, 6.07) is 11.5. The van der Waals surface area contributed by atoms with Crippen LogP contribution in [0.4, 0.5) is 4.39 Å². The average molecular weight is 425 g/mol. The molecule has 8 nitrogen and oxygen atoms in total. The number of aryl methyl sites for hydroxylation is 1. The summed E-state index contributed by atoms with van der Waals surface area (Å²) in [5, 5.41) is 22.3. The Morgan fingerprint density at radius 1 is 1.00 bits per heavy atom. The Morgan fingerprint density at radius 2 is 1.91 bits per heavy atom. The summed E-state index contributed by atoms with van der Waals surface area (Å²) in [5.74, 6) is -0.681. The van der Waals surface area contributed by atoms with Crippen molar-refractivity contribution < 1.29 is 9.50 Å². The molecule has 6 aromatic rings. The molecule has 32 heavy (non-hydrogen) atoms. The molecule has 0 fully saturated rings. The molecule has 6 rings (SSSR count). The second-order valence-electron chi connectivity index (χ2n) is 7.57. The van der Waals surface area contributed by atoms with Gasteiger partial charge in [0.15, 0.2) is 0 Å². The van der Waals surface area contributed by atoms with Gasteiger partial charge in [0.2, 0.25) is 0 Å². The van der Waals surface area contributed by atoms with Gasteiger partial charge in [0.1, 0.15) is 22.8 Å². The van der Waals surface area contributed by atoms with Crippen LogP contribution in [-0.2, 0) is 7.05 Å². The third-order valence-corrected chi connectivity index (χ3v) is 5.37. The summed E-state index contributed by atoms with van der Waals surface area (Å²) in [5.41, 5.74) is 6.50. The Morgan fingerprint density at radius 3 is 2.72 bits per heavy atom. The molecule has 5 aromatic heterocycles. The minimum Gasteiger partial charge on any atom is -0.508 e. The van der Waals surface area contributed by atoms with E-state index in [2.05, 4.69) is 25.3 Å². The number of nitrogens with zero attached hydrogens (tertiary/aromatic N) is 5. The number of phenolic OH excluding ortho intramolecular Hbond substituents is 1. The molecule has 0 aliphatic rings. The molecule has 0 spiro atoms. The topological polar surface area (TPSA) is 108 Å². The van der Waals surface area contributed by atoms with Crippen LogP contribution < -0.4 is 0 Å². The van der Waals surface area contributed by atoms with E-state index in [4.69, 9.17) is 4.98 Å². The van der Waals surface area contributed by atoms with Crippen LogP contribution in [0.25, 0.3) is 55.8 Å². The van der Waals surface area contributed by atoms with Crippen LogP contribution in [0.3, 0.4) is 0 Å². The number of aromatic hydroxyl groups is 1. The summed E-state index contributed by atoms with van der Waals surface area (Å²) in [6.45, 7) is 0. The molecule has 9 heteroatoms. The van der Waals surface area contributed by atoms with E-state index in [1.165, 1.54) is 12.1 Å². The summed E-state index contributed by atoms with van der Waals surface area (Å²) >= 11 is 0. The molecule has 0 saturated carbocycles. The molecule has 3 N–H and O–H groups in total. The second kappa shape index (κ2) is 6.74. The Balaban J connectivity index is 1.51. The Bertz CT molecular complexity index is 1610. The van der Waals surface area contributed by atoms with Crippen LogP contribution in [-0.4, -0.2) is 40.0 Å². The van der Waals surface area contributed by atoms with Gasteiger partial charge < -0.3 is 10.1 Å². The lowest BCUT2D eigenvalue weighted by molar-refractivity contribution is 0.469. The highest BCUT2D eigenvalue weighted by Gasteiger charge is 2.16. The summed E-state index contributed by atoms with van der Waals surface area (Å²) in [4.78, 5) is 12.6. The molecule has 0 amide bonds. The standard InChI is InChI=1S/C23H16FN7O/c1-31-11-13(10-26-31)17-2-3-19-22(28-17)23(30-29-19)20-9-16-18(27-20)4-5-25-21(16)12-6-14(24)8-15(32)7-12/h2-11,27,32H,1H3,(H,29,30). The Kier molecular flexibility index (Phi) is 3.85. The molecular formula is C23H16FN7O. The molecule has 5 heterocycles. The lowest BCUT2D eigenvalue weighted by Crippen LogP contribution is -1.86. The molecule has 156 valence electrons. The van der Waals surface area contributed by atoms with Crippen molar-refractivity contribution in [3.63, 3.8) is 0 Å². The van der Waals surface area contributed by atoms with Gasteiger partial charge in [0, 0.05) is 47.5 Å². The predicted octanol–water partition coefficient (Wildman–Crippen LogP) is 4.41. The van der Waals surface area contributed by atoms with Gasteiger partial charge in [-0.25, -0.2) is 9.37 Å². The fraction of sp³-hybridized carbons (Fsp3) is 0.0435. The lowest BCUT2D eigenvalue weighted by Gasteiger charge is -2.03.